The van der Waals surface area contributed by atoms with E-state index >= 15 is 0 Å². The molecule has 0 atom stereocenters. The molecular weight excluding hydrogens is 186 g/mol. The molecule has 1 aliphatic rings. The van der Waals surface area contributed by atoms with Gasteiger partial charge < -0.3 is 9.69 Å². The zero-order chi connectivity index (χ0) is 11.9. The van der Waals surface area contributed by atoms with E-state index in [4.69, 9.17) is 0 Å². The first-order valence-electron chi connectivity index (χ1n) is 5.72. The fraction of sp³-hybridized carbons (Fsp3) is 0.769. The predicted molar refractivity (Wildman–Crippen MR) is 66.0 cm³/mol. The van der Waals surface area contributed by atoms with Gasteiger partial charge in [0.05, 0.1) is 0 Å². The molecule has 0 aromatic heterocycles. The van der Waals surface area contributed by atoms with Gasteiger partial charge in [-0.1, -0.05) is 19.4 Å². The molecule has 1 rings (SSSR count). The van der Waals surface area contributed by atoms with E-state index in [0.29, 0.717) is 5.41 Å². The Hall–Kier alpha value is -0.630. The summed E-state index contributed by atoms with van der Waals surface area (Å²) in [5.74, 6) is 0.167. The van der Waals surface area contributed by atoms with E-state index in [9.17, 15) is 4.79 Å². The molecule has 0 unspecified atom stereocenters. The summed E-state index contributed by atoms with van der Waals surface area (Å²) < 4.78 is 0. The average Bonchev–Trinajstić information content (AvgIpc) is 2.01. The maximum Gasteiger partial charge on any atom is 0.126 e. The van der Waals surface area contributed by atoms with E-state index in [1.165, 1.54) is 46.2 Å². The minimum absolute atomic E-state index is 0.167. The Labute approximate surface area is 94.4 Å². The number of Topliss-reactive ketones (excluding diaryl/α,β-unsaturated/α-hetero) is 1. The number of rotatable bonds is 4. The molecule has 88 valence electrons. The molecule has 0 aromatic rings. The summed E-state index contributed by atoms with van der Waals surface area (Å²) in [7, 11) is 2.19. The van der Waals surface area contributed by atoms with Gasteiger partial charge in [-0.2, -0.15) is 0 Å². The van der Waals surface area contributed by atoms with Gasteiger partial charge in [-0.3, -0.25) is 0 Å². The quantitative estimate of drug-likeness (QED) is 0.666. The molecule has 15 heavy (non-hydrogen) atoms. The van der Waals surface area contributed by atoms with Crippen LogP contribution in [0.3, 0.4) is 0 Å². The minimum Gasteiger partial charge on any atom is -0.305 e. The van der Waals surface area contributed by atoms with E-state index in [1.54, 1.807) is 0 Å². The molecule has 0 radical (unpaired) electrons. The maximum absolute atomic E-state index is 9.44. The van der Waals surface area contributed by atoms with Crippen molar-refractivity contribution in [2.24, 2.45) is 5.41 Å². The van der Waals surface area contributed by atoms with Gasteiger partial charge in [-0.25, -0.2) is 0 Å². The van der Waals surface area contributed by atoms with Crippen LogP contribution in [0.1, 0.15) is 40.0 Å². The smallest absolute Gasteiger partial charge is 0.126 e. The first-order chi connectivity index (χ1) is 6.95. The lowest BCUT2D eigenvalue weighted by atomic mass is 9.74. The van der Waals surface area contributed by atoms with Crippen LogP contribution in [0.15, 0.2) is 12.7 Å². The van der Waals surface area contributed by atoms with Crippen LogP contribution in [0, 0.1) is 5.41 Å². The first kappa shape index (κ1) is 14.4. The Morgan fingerprint density at radius 1 is 1.47 bits per heavy atom. The maximum atomic E-state index is 9.44. The van der Waals surface area contributed by atoms with Gasteiger partial charge >= 0.3 is 0 Å². The fourth-order valence-corrected chi connectivity index (χ4v) is 2.32. The van der Waals surface area contributed by atoms with Gasteiger partial charge in [0.2, 0.25) is 0 Å². The molecule has 0 aromatic carbocycles. The van der Waals surface area contributed by atoms with Crippen LogP contribution in [0.4, 0.5) is 0 Å². The standard InChI is InChI=1S/C10H19N.C3H6O/c1-4-6-10(7-5-2)8-11(3)9-10;1-3(2)4/h4H,1,5-9H2,2-3H3;1-2H3. The molecule has 1 heterocycles. The second kappa shape index (κ2) is 6.78. The van der Waals surface area contributed by atoms with Crippen molar-refractivity contribution in [2.45, 2.75) is 40.0 Å². The summed E-state index contributed by atoms with van der Waals surface area (Å²) in [6, 6.07) is 0. The highest BCUT2D eigenvalue weighted by atomic mass is 16.1. The number of hydrogen-bond donors (Lipinski definition) is 0. The van der Waals surface area contributed by atoms with Crippen LogP contribution in [0.25, 0.3) is 0 Å². The summed E-state index contributed by atoms with van der Waals surface area (Å²) in [6.45, 7) is 11.7. The predicted octanol–water partition coefficient (Wildman–Crippen LogP) is 2.89. The lowest BCUT2D eigenvalue weighted by molar-refractivity contribution is -0.114. The van der Waals surface area contributed by atoms with Crippen molar-refractivity contribution in [3.8, 4) is 0 Å². The molecule has 0 spiro atoms. The highest BCUT2D eigenvalue weighted by Crippen LogP contribution is 2.37. The Kier molecular flexibility index (Phi) is 6.50. The molecule has 0 N–H and O–H groups in total. The van der Waals surface area contributed by atoms with Crippen LogP contribution in [-0.4, -0.2) is 30.8 Å². The SMILES string of the molecule is C=CCC1(CCC)CN(C)C1.CC(C)=O. The Morgan fingerprint density at radius 2 is 1.93 bits per heavy atom. The van der Waals surface area contributed by atoms with Gasteiger partial charge in [0.1, 0.15) is 5.78 Å². The first-order valence-corrected chi connectivity index (χ1v) is 5.72. The van der Waals surface area contributed by atoms with Crippen molar-refractivity contribution in [3.05, 3.63) is 12.7 Å². The third-order valence-corrected chi connectivity index (χ3v) is 2.57. The van der Waals surface area contributed by atoms with Crippen LogP contribution in [0.5, 0.6) is 0 Å². The highest BCUT2D eigenvalue weighted by molar-refractivity contribution is 5.72. The van der Waals surface area contributed by atoms with E-state index < -0.39 is 0 Å². The number of nitrogens with zero attached hydrogens (tertiary/aromatic N) is 1. The molecule has 1 saturated heterocycles. The number of ketones is 1. The molecule has 0 bridgehead atoms. The van der Waals surface area contributed by atoms with Crippen LogP contribution < -0.4 is 0 Å². The van der Waals surface area contributed by atoms with Crippen LogP contribution in [-0.2, 0) is 4.79 Å². The van der Waals surface area contributed by atoms with Crippen molar-refractivity contribution < 1.29 is 4.79 Å². The average molecular weight is 211 g/mol. The second-order valence-electron chi connectivity index (χ2n) is 4.82. The molecule has 0 amide bonds. The Morgan fingerprint density at radius 3 is 2.20 bits per heavy atom. The summed E-state index contributed by atoms with van der Waals surface area (Å²) in [5, 5.41) is 0. The molecule has 0 saturated carbocycles. The van der Waals surface area contributed by atoms with Crippen molar-refractivity contribution in [2.75, 3.05) is 20.1 Å². The van der Waals surface area contributed by atoms with Gasteiger partial charge in [-0.15, -0.1) is 6.58 Å². The fourth-order valence-electron chi connectivity index (χ4n) is 2.32. The molecular formula is C13H25NO. The minimum atomic E-state index is 0.167. The summed E-state index contributed by atoms with van der Waals surface area (Å²) in [6.07, 6.45) is 5.94. The van der Waals surface area contributed by atoms with Gasteiger partial charge in [-0.05, 0) is 39.2 Å². The van der Waals surface area contributed by atoms with E-state index in [-0.39, 0.29) is 5.78 Å². The number of carbonyl (C=O) groups excluding carboxylic acids is 1. The van der Waals surface area contributed by atoms with Crippen molar-refractivity contribution in [1.29, 1.82) is 0 Å². The topological polar surface area (TPSA) is 20.3 Å². The zero-order valence-corrected chi connectivity index (χ0v) is 10.7. The molecule has 2 heteroatoms. The highest BCUT2D eigenvalue weighted by Gasteiger charge is 2.38. The largest absolute Gasteiger partial charge is 0.305 e. The molecule has 0 aliphatic carbocycles. The lowest BCUT2D eigenvalue weighted by Gasteiger charge is -2.48. The monoisotopic (exact) mass is 211 g/mol. The third-order valence-electron chi connectivity index (χ3n) is 2.57. The summed E-state index contributed by atoms with van der Waals surface area (Å²) >= 11 is 0. The van der Waals surface area contributed by atoms with Gasteiger partial charge in [0.25, 0.3) is 0 Å². The summed E-state index contributed by atoms with van der Waals surface area (Å²) in [4.78, 5) is 11.8. The van der Waals surface area contributed by atoms with E-state index in [0.717, 1.165) is 0 Å². The number of carbonyl (C=O) groups is 1. The third kappa shape index (κ3) is 5.73. The van der Waals surface area contributed by atoms with E-state index in [1.807, 2.05) is 0 Å². The normalized spacial score (nSPS) is 18.4. The Bertz CT molecular complexity index is 195. The van der Waals surface area contributed by atoms with Crippen molar-refractivity contribution in [1.82, 2.24) is 4.90 Å². The van der Waals surface area contributed by atoms with Gasteiger partial charge in [0.15, 0.2) is 0 Å². The van der Waals surface area contributed by atoms with Crippen molar-refractivity contribution >= 4 is 5.78 Å². The number of allylic oxidation sites excluding steroid dienone is 1. The molecule has 1 fully saturated rings. The Balaban J connectivity index is 0.000000423. The molecule has 2 nitrogen and oxygen atoms in total. The zero-order valence-electron chi connectivity index (χ0n) is 10.7. The summed E-state index contributed by atoms with van der Waals surface area (Å²) in [5.41, 5.74) is 0.602. The number of likely N-dealkylation sites (tertiary alicyclic amines) is 1. The van der Waals surface area contributed by atoms with E-state index in [2.05, 4.69) is 31.5 Å². The number of hydrogen-bond acceptors (Lipinski definition) is 2. The van der Waals surface area contributed by atoms with Gasteiger partial charge in [0, 0.05) is 13.1 Å². The molecule has 1 aliphatic heterocycles. The van der Waals surface area contributed by atoms with Crippen LogP contribution in [0.2, 0.25) is 0 Å². The van der Waals surface area contributed by atoms with Crippen molar-refractivity contribution in [3.63, 3.8) is 0 Å². The van der Waals surface area contributed by atoms with Crippen LogP contribution >= 0.6 is 0 Å². The lowest BCUT2D eigenvalue weighted by Crippen LogP contribution is -2.53. The second-order valence-corrected chi connectivity index (χ2v) is 4.82.